The molecule has 5 atom stereocenters. The number of nitrogens with zero attached hydrogens (tertiary/aromatic N) is 1. The lowest BCUT2D eigenvalue weighted by Crippen LogP contribution is -2.46. The fourth-order valence-electron chi connectivity index (χ4n) is 4.55. The van der Waals surface area contributed by atoms with Crippen molar-refractivity contribution in [3.63, 3.8) is 0 Å². The van der Waals surface area contributed by atoms with Crippen LogP contribution < -0.4 is 0 Å². The number of carboxylic acid groups (broad SMARTS) is 1. The van der Waals surface area contributed by atoms with Crippen LogP contribution in [0.5, 0.6) is 0 Å². The summed E-state index contributed by atoms with van der Waals surface area (Å²) >= 11 is 0. The molecule has 0 spiro atoms. The van der Waals surface area contributed by atoms with Crippen LogP contribution in [0.3, 0.4) is 0 Å². The van der Waals surface area contributed by atoms with Gasteiger partial charge in [0, 0.05) is 12.5 Å². The first-order valence-electron chi connectivity index (χ1n) is 8.75. The van der Waals surface area contributed by atoms with Crippen molar-refractivity contribution < 1.29 is 19.4 Å². The lowest BCUT2D eigenvalue weighted by molar-refractivity contribution is -0.150. The molecule has 2 aliphatic heterocycles. The first-order valence-corrected chi connectivity index (χ1v) is 8.75. The number of carbonyl (C=O) groups is 2. The molecule has 0 bridgehead atoms. The number of aliphatic carboxylic acids is 1. The van der Waals surface area contributed by atoms with Gasteiger partial charge in [-0.1, -0.05) is 12.8 Å². The molecule has 3 rings (SSSR count). The molecule has 0 aromatic carbocycles. The first kappa shape index (κ1) is 15.8. The number of amides is 1. The smallest absolute Gasteiger partial charge is 0.326 e. The molecule has 3 fully saturated rings. The van der Waals surface area contributed by atoms with Gasteiger partial charge in [0.1, 0.15) is 6.04 Å². The molecule has 0 aromatic heterocycles. The van der Waals surface area contributed by atoms with E-state index >= 15 is 0 Å². The summed E-state index contributed by atoms with van der Waals surface area (Å²) in [6, 6.07) is -0.449. The molecule has 1 aliphatic carbocycles. The van der Waals surface area contributed by atoms with Crippen molar-refractivity contribution in [2.45, 2.75) is 89.0 Å². The van der Waals surface area contributed by atoms with Crippen LogP contribution in [-0.2, 0) is 14.3 Å². The zero-order valence-corrected chi connectivity index (χ0v) is 13.4. The van der Waals surface area contributed by atoms with Crippen LogP contribution in [0.4, 0.5) is 0 Å². The van der Waals surface area contributed by atoms with Crippen molar-refractivity contribution in [3.8, 4) is 0 Å². The summed E-state index contributed by atoms with van der Waals surface area (Å²) in [4.78, 5) is 25.9. The van der Waals surface area contributed by atoms with E-state index in [0.29, 0.717) is 24.9 Å². The Balaban J connectivity index is 1.61. The molecule has 124 valence electrons. The van der Waals surface area contributed by atoms with Crippen molar-refractivity contribution in [3.05, 3.63) is 0 Å². The third kappa shape index (κ3) is 3.14. The van der Waals surface area contributed by atoms with Gasteiger partial charge in [-0.05, 0) is 51.4 Å². The molecule has 2 saturated heterocycles. The fraction of sp³-hybridized carbons (Fsp3) is 0.882. The van der Waals surface area contributed by atoms with Gasteiger partial charge in [-0.25, -0.2) is 4.79 Å². The van der Waals surface area contributed by atoms with E-state index in [4.69, 9.17) is 4.74 Å². The Morgan fingerprint density at radius 3 is 2.64 bits per heavy atom. The molecule has 0 unspecified atom stereocenters. The highest BCUT2D eigenvalue weighted by molar-refractivity contribution is 5.84. The zero-order valence-electron chi connectivity index (χ0n) is 13.4. The number of likely N-dealkylation sites (tertiary alicyclic amines) is 1. The number of ether oxygens (including phenoxy) is 1. The molecule has 1 saturated carbocycles. The molecule has 2 heterocycles. The van der Waals surface area contributed by atoms with Gasteiger partial charge in [-0.2, -0.15) is 0 Å². The molecule has 0 aromatic rings. The van der Waals surface area contributed by atoms with Crippen molar-refractivity contribution >= 4 is 11.9 Å². The van der Waals surface area contributed by atoms with Gasteiger partial charge in [0.15, 0.2) is 0 Å². The molecule has 1 N–H and O–H groups in total. The highest BCUT2D eigenvalue weighted by Crippen LogP contribution is 2.40. The van der Waals surface area contributed by atoms with E-state index in [9.17, 15) is 14.7 Å². The maximum absolute atomic E-state index is 12.7. The molecular formula is C17H27NO4. The highest BCUT2D eigenvalue weighted by Gasteiger charge is 2.47. The lowest BCUT2D eigenvalue weighted by Gasteiger charge is -2.33. The predicted octanol–water partition coefficient (Wildman–Crippen LogP) is 2.58. The van der Waals surface area contributed by atoms with Crippen molar-refractivity contribution in [2.75, 3.05) is 0 Å². The molecule has 1 amide bonds. The predicted molar refractivity (Wildman–Crippen MR) is 81.4 cm³/mol. The summed E-state index contributed by atoms with van der Waals surface area (Å²) in [5, 5.41) is 9.48. The van der Waals surface area contributed by atoms with E-state index in [0.717, 1.165) is 38.5 Å². The van der Waals surface area contributed by atoms with E-state index in [1.807, 2.05) is 0 Å². The second-order valence-electron chi connectivity index (χ2n) is 7.19. The zero-order chi connectivity index (χ0) is 15.7. The normalized spacial score (nSPS) is 38.0. The van der Waals surface area contributed by atoms with Crippen LogP contribution in [0.1, 0.15) is 64.7 Å². The topological polar surface area (TPSA) is 66.8 Å². The van der Waals surface area contributed by atoms with Crippen molar-refractivity contribution in [1.82, 2.24) is 4.90 Å². The SMILES string of the molecule is C[C@@H]1CC[C@H](CCC(=O)N2[C@H](C(=O)O)C[C@H]3CCCC[C@@H]32)O1. The van der Waals surface area contributed by atoms with E-state index < -0.39 is 12.0 Å². The molecular weight excluding hydrogens is 282 g/mol. The van der Waals surface area contributed by atoms with Crippen molar-refractivity contribution in [2.24, 2.45) is 5.92 Å². The minimum Gasteiger partial charge on any atom is -0.480 e. The van der Waals surface area contributed by atoms with Crippen LogP contribution >= 0.6 is 0 Å². The van der Waals surface area contributed by atoms with Gasteiger partial charge in [0.25, 0.3) is 0 Å². The van der Waals surface area contributed by atoms with Gasteiger partial charge in [0.05, 0.1) is 12.2 Å². The molecule has 5 nitrogen and oxygen atoms in total. The summed E-state index contributed by atoms with van der Waals surface area (Å²) in [5.41, 5.74) is 0. The summed E-state index contributed by atoms with van der Waals surface area (Å²) in [6.45, 7) is 2.06. The van der Waals surface area contributed by atoms with Crippen LogP contribution in [0, 0.1) is 5.92 Å². The Bertz CT molecular complexity index is 438. The minimum atomic E-state index is -0.839. The van der Waals surface area contributed by atoms with E-state index in [-0.39, 0.29) is 18.1 Å². The summed E-state index contributed by atoms with van der Waals surface area (Å²) < 4.78 is 5.77. The number of fused-ring (bicyclic) bond motifs is 1. The Labute approximate surface area is 132 Å². The number of hydrogen-bond acceptors (Lipinski definition) is 3. The molecule has 3 aliphatic rings. The number of carbonyl (C=O) groups excluding carboxylic acids is 1. The van der Waals surface area contributed by atoms with Crippen molar-refractivity contribution in [1.29, 1.82) is 0 Å². The fourth-order valence-corrected chi connectivity index (χ4v) is 4.55. The van der Waals surface area contributed by atoms with Crippen LogP contribution in [0.25, 0.3) is 0 Å². The average Bonchev–Trinajstić information content (AvgIpc) is 3.08. The monoisotopic (exact) mass is 309 g/mol. The average molecular weight is 309 g/mol. The van der Waals surface area contributed by atoms with Crippen LogP contribution in [0.2, 0.25) is 0 Å². The molecule has 0 radical (unpaired) electrons. The van der Waals surface area contributed by atoms with Crippen LogP contribution in [0.15, 0.2) is 0 Å². The number of carboxylic acids is 1. The maximum Gasteiger partial charge on any atom is 0.326 e. The second-order valence-corrected chi connectivity index (χ2v) is 7.19. The van der Waals surface area contributed by atoms with Gasteiger partial charge < -0.3 is 14.7 Å². The summed E-state index contributed by atoms with van der Waals surface area (Å²) in [7, 11) is 0. The van der Waals surface area contributed by atoms with E-state index in [1.165, 1.54) is 6.42 Å². The minimum absolute atomic E-state index is 0.0185. The van der Waals surface area contributed by atoms with Gasteiger partial charge in [0.2, 0.25) is 5.91 Å². The first-order chi connectivity index (χ1) is 10.6. The standard InChI is InChI=1S/C17H27NO4/c1-11-6-7-13(22-11)8-9-16(19)18-14-5-3-2-4-12(14)10-15(18)17(20)21/h11-15H,2-10H2,1H3,(H,20,21)/t11-,12-,13-,14+,15+/m1/s1. The summed E-state index contributed by atoms with van der Waals surface area (Å²) in [5.74, 6) is -0.431. The quantitative estimate of drug-likeness (QED) is 0.867. The Morgan fingerprint density at radius 1 is 1.18 bits per heavy atom. The molecule has 5 heteroatoms. The lowest BCUT2D eigenvalue weighted by atomic mass is 9.84. The Kier molecular flexibility index (Phi) is 4.71. The largest absolute Gasteiger partial charge is 0.480 e. The highest BCUT2D eigenvalue weighted by atomic mass is 16.5. The summed E-state index contributed by atoms with van der Waals surface area (Å²) in [6.07, 6.45) is 8.65. The third-order valence-electron chi connectivity index (χ3n) is 5.66. The van der Waals surface area contributed by atoms with Crippen LogP contribution in [-0.4, -0.2) is 46.2 Å². The van der Waals surface area contributed by atoms with Gasteiger partial charge in [-0.15, -0.1) is 0 Å². The van der Waals surface area contributed by atoms with E-state index in [2.05, 4.69) is 6.92 Å². The second kappa shape index (κ2) is 6.57. The molecule has 22 heavy (non-hydrogen) atoms. The van der Waals surface area contributed by atoms with Gasteiger partial charge >= 0.3 is 5.97 Å². The number of rotatable bonds is 4. The maximum atomic E-state index is 12.7. The number of hydrogen-bond donors (Lipinski definition) is 1. The third-order valence-corrected chi connectivity index (χ3v) is 5.66. The Morgan fingerprint density at radius 2 is 1.95 bits per heavy atom. The Hall–Kier alpha value is -1.10. The van der Waals surface area contributed by atoms with E-state index in [1.54, 1.807) is 4.90 Å². The van der Waals surface area contributed by atoms with Gasteiger partial charge in [-0.3, -0.25) is 4.79 Å².